The number of hydrogen-bond acceptors (Lipinski definition) is 3. The lowest BCUT2D eigenvalue weighted by atomic mass is 9.87. The van der Waals surface area contributed by atoms with E-state index in [1.807, 2.05) is 46.8 Å². The zero-order chi connectivity index (χ0) is 29.7. The average Bonchev–Trinajstić information content (AvgIpc) is 2.76. The summed E-state index contributed by atoms with van der Waals surface area (Å²) >= 11 is 0. The second-order valence-corrected chi connectivity index (χ2v) is 13.9. The number of benzene rings is 2. The van der Waals surface area contributed by atoms with Gasteiger partial charge in [-0.25, -0.2) is 4.39 Å². The molecule has 0 bridgehead atoms. The Kier molecular flexibility index (Phi) is 25.9. The molecule has 0 aliphatic rings. The van der Waals surface area contributed by atoms with Crippen molar-refractivity contribution in [2.75, 3.05) is 7.11 Å². The van der Waals surface area contributed by atoms with Crippen molar-refractivity contribution < 1.29 is 18.7 Å². The van der Waals surface area contributed by atoms with Gasteiger partial charge in [-0.05, 0) is 65.0 Å². The minimum Gasteiger partial charge on any atom is -0.496 e. The van der Waals surface area contributed by atoms with Gasteiger partial charge in [-0.3, -0.25) is 9.59 Å². The second kappa shape index (κ2) is 22.1. The van der Waals surface area contributed by atoms with Gasteiger partial charge in [-0.2, -0.15) is 0 Å². The maximum absolute atomic E-state index is 12.6. The standard InChI is InChI=1S/C13H20O.C12H15FO.C9H18O.4CH4/c1-13(2,3)10-9-11-7-5-6-8-12(11)14-4;1-12(2,3)8-11(14)9-4-6-10(13)7-5-9;1-7(2)8(10)6-9(3,4)5;;;;/h5-8H,9-10H2,1-4H3;4-7H,8H2,1-3H3;7H,6H2,1-5H3;4*1H4. The van der Waals surface area contributed by atoms with E-state index in [9.17, 15) is 14.0 Å². The quantitative estimate of drug-likeness (QED) is 0.300. The molecule has 0 aromatic heterocycles. The Morgan fingerprint density at radius 1 is 0.714 bits per heavy atom. The number of Topliss-reactive ketones (excluding diaryl/α,β-unsaturated/α-hetero) is 2. The van der Waals surface area contributed by atoms with Crippen molar-refractivity contribution in [3.05, 3.63) is 65.5 Å². The first-order valence-electron chi connectivity index (χ1n) is 13.7. The third kappa shape index (κ3) is 25.2. The Labute approximate surface area is 262 Å². The van der Waals surface area contributed by atoms with Crippen LogP contribution in [-0.2, 0) is 11.2 Å². The van der Waals surface area contributed by atoms with Gasteiger partial charge in [0.05, 0.1) is 7.11 Å². The molecule has 246 valence electrons. The maximum Gasteiger partial charge on any atom is 0.163 e. The molecule has 0 saturated heterocycles. The van der Waals surface area contributed by atoms with Crippen molar-refractivity contribution >= 4 is 11.6 Å². The molecule has 2 aromatic rings. The van der Waals surface area contributed by atoms with Gasteiger partial charge < -0.3 is 4.74 Å². The van der Waals surface area contributed by atoms with E-state index in [0.29, 0.717) is 29.6 Å². The van der Waals surface area contributed by atoms with Crippen LogP contribution in [0.5, 0.6) is 5.75 Å². The Morgan fingerprint density at radius 3 is 1.52 bits per heavy atom. The van der Waals surface area contributed by atoms with E-state index in [0.717, 1.165) is 12.2 Å². The van der Waals surface area contributed by atoms with Gasteiger partial charge in [0.15, 0.2) is 5.78 Å². The van der Waals surface area contributed by atoms with Gasteiger partial charge in [0.2, 0.25) is 0 Å². The average molecular weight is 593 g/mol. The summed E-state index contributed by atoms with van der Waals surface area (Å²) in [7, 11) is 1.73. The van der Waals surface area contributed by atoms with Crippen molar-refractivity contribution in [2.24, 2.45) is 22.2 Å². The lowest BCUT2D eigenvalue weighted by Crippen LogP contribution is -2.16. The Balaban J connectivity index is -0.000000158. The molecule has 0 spiro atoms. The Morgan fingerprint density at radius 2 is 1.17 bits per heavy atom. The first-order valence-corrected chi connectivity index (χ1v) is 13.7. The predicted molar refractivity (Wildman–Crippen MR) is 186 cm³/mol. The summed E-state index contributed by atoms with van der Waals surface area (Å²) in [5.41, 5.74) is 2.42. The van der Waals surface area contributed by atoms with E-state index in [-0.39, 0.29) is 58.1 Å². The fourth-order valence-corrected chi connectivity index (χ4v) is 3.37. The number of hydrogen-bond donors (Lipinski definition) is 0. The summed E-state index contributed by atoms with van der Waals surface area (Å²) in [6.45, 7) is 23.0. The van der Waals surface area contributed by atoms with Crippen LogP contribution in [0.4, 0.5) is 4.39 Å². The molecule has 0 aliphatic carbocycles. The van der Waals surface area contributed by atoms with Crippen LogP contribution < -0.4 is 4.74 Å². The largest absolute Gasteiger partial charge is 0.496 e. The summed E-state index contributed by atoms with van der Waals surface area (Å²) in [5, 5.41) is 0. The number of methoxy groups -OCH3 is 1. The monoisotopic (exact) mass is 593 g/mol. The SMILES string of the molecule is C.C.C.C.CC(C)(C)CC(=O)c1ccc(F)cc1.CC(C)C(=O)CC(C)(C)C.COc1ccccc1CCC(C)(C)C. The van der Waals surface area contributed by atoms with Crippen LogP contribution in [0.2, 0.25) is 0 Å². The summed E-state index contributed by atoms with van der Waals surface area (Å²) < 4.78 is 17.9. The molecule has 0 heterocycles. The van der Waals surface area contributed by atoms with Crippen molar-refractivity contribution in [3.63, 3.8) is 0 Å². The lowest BCUT2D eigenvalue weighted by molar-refractivity contribution is -0.123. The number of para-hydroxylation sites is 1. The van der Waals surface area contributed by atoms with E-state index < -0.39 is 0 Å². The highest BCUT2D eigenvalue weighted by Gasteiger charge is 2.18. The molecule has 0 aliphatic heterocycles. The van der Waals surface area contributed by atoms with Crippen LogP contribution in [0, 0.1) is 28.0 Å². The molecule has 0 fully saturated rings. The van der Waals surface area contributed by atoms with E-state index in [1.165, 1.54) is 36.2 Å². The van der Waals surface area contributed by atoms with Gasteiger partial charge >= 0.3 is 0 Å². The third-order valence-corrected chi connectivity index (χ3v) is 5.54. The van der Waals surface area contributed by atoms with Gasteiger partial charge in [0, 0.05) is 24.3 Å². The second-order valence-electron chi connectivity index (χ2n) is 13.9. The van der Waals surface area contributed by atoms with Gasteiger partial charge in [-0.15, -0.1) is 0 Å². The van der Waals surface area contributed by atoms with Crippen LogP contribution in [0.15, 0.2) is 48.5 Å². The highest BCUT2D eigenvalue weighted by Crippen LogP contribution is 2.26. The molecule has 0 atom stereocenters. The highest BCUT2D eigenvalue weighted by atomic mass is 19.1. The molecule has 0 amide bonds. The normalized spacial score (nSPS) is 10.5. The highest BCUT2D eigenvalue weighted by molar-refractivity contribution is 5.96. The van der Waals surface area contributed by atoms with Crippen molar-refractivity contribution in [1.29, 1.82) is 0 Å². The first-order chi connectivity index (χ1) is 17.2. The van der Waals surface area contributed by atoms with E-state index in [4.69, 9.17) is 4.74 Å². The predicted octanol–water partition coefficient (Wildman–Crippen LogP) is 12.3. The molecule has 4 heteroatoms. The molecule has 0 saturated carbocycles. The van der Waals surface area contributed by atoms with Crippen LogP contribution in [-0.4, -0.2) is 18.7 Å². The maximum atomic E-state index is 12.6. The minimum absolute atomic E-state index is 0. The molecule has 0 radical (unpaired) electrons. The molecule has 2 aromatic carbocycles. The zero-order valence-electron chi connectivity index (χ0n) is 26.1. The summed E-state index contributed by atoms with van der Waals surface area (Å²) in [6, 6.07) is 13.9. The fraction of sp³-hybridized carbons (Fsp3) is 0.632. The van der Waals surface area contributed by atoms with Crippen LogP contribution in [0.25, 0.3) is 0 Å². The minimum atomic E-state index is -0.308. The van der Waals surface area contributed by atoms with Crippen molar-refractivity contribution in [1.82, 2.24) is 0 Å². The first kappa shape index (κ1) is 49.2. The van der Waals surface area contributed by atoms with Crippen LogP contribution in [0.3, 0.4) is 0 Å². The number of halogens is 1. The number of rotatable bonds is 7. The fourth-order valence-electron chi connectivity index (χ4n) is 3.37. The third-order valence-electron chi connectivity index (χ3n) is 5.54. The lowest BCUT2D eigenvalue weighted by Gasteiger charge is -2.18. The topological polar surface area (TPSA) is 43.4 Å². The van der Waals surface area contributed by atoms with Crippen molar-refractivity contribution in [3.8, 4) is 5.75 Å². The van der Waals surface area contributed by atoms with Gasteiger partial charge in [-0.1, -0.05) is 124 Å². The molecular formula is C38H69FO3. The van der Waals surface area contributed by atoms with Crippen molar-refractivity contribution in [2.45, 2.75) is 132 Å². The molecule has 3 nitrogen and oxygen atoms in total. The molecule has 42 heavy (non-hydrogen) atoms. The molecule has 0 unspecified atom stereocenters. The van der Waals surface area contributed by atoms with E-state index >= 15 is 0 Å². The Hall–Kier alpha value is -2.49. The number of carbonyl (C=O) groups is 2. The molecule has 0 N–H and O–H groups in total. The molecular weight excluding hydrogens is 523 g/mol. The zero-order valence-corrected chi connectivity index (χ0v) is 26.1. The van der Waals surface area contributed by atoms with Gasteiger partial charge in [0.1, 0.15) is 17.3 Å². The van der Waals surface area contributed by atoms with Gasteiger partial charge in [0.25, 0.3) is 0 Å². The smallest absolute Gasteiger partial charge is 0.163 e. The van der Waals surface area contributed by atoms with E-state index in [1.54, 1.807) is 7.11 Å². The summed E-state index contributed by atoms with van der Waals surface area (Å²) in [4.78, 5) is 22.8. The summed E-state index contributed by atoms with van der Waals surface area (Å²) in [5.74, 6) is 1.33. The van der Waals surface area contributed by atoms with Crippen LogP contribution in [0.1, 0.15) is 141 Å². The van der Waals surface area contributed by atoms with E-state index in [2.05, 4.69) is 53.7 Å². The number of carbonyl (C=O) groups excluding carboxylic acids is 2. The van der Waals surface area contributed by atoms with Crippen LogP contribution >= 0.6 is 0 Å². The summed E-state index contributed by atoms with van der Waals surface area (Å²) in [6.07, 6.45) is 3.46. The number of ketones is 2. The molecule has 2 rings (SSSR count). The number of aryl methyl sites for hydroxylation is 1. The Bertz CT molecular complexity index is 969. The number of ether oxygens (including phenoxy) is 1.